The first kappa shape index (κ1) is 8.08. The number of thiophene rings is 1. The zero-order valence-corrected chi connectivity index (χ0v) is 8.81. The predicted octanol–water partition coefficient (Wildman–Crippen LogP) is 3.42. The van der Waals surface area contributed by atoms with Gasteiger partial charge in [-0.1, -0.05) is 17.4 Å². The van der Waals surface area contributed by atoms with E-state index in [-0.39, 0.29) is 0 Å². The molecule has 3 rings (SSSR count). The van der Waals surface area contributed by atoms with Gasteiger partial charge in [-0.2, -0.15) is 0 Å². The van der Waals surface area contributed by atoms with Crippen LogP contribution in [0, 0.1) is 0 Å². The molecule has 0 aliphatic heterocycles. The SMILES string of the molecule is c1csc(-c2nc3cccnc3s2)c1. The minimum absolute atomic E-state index is 0.987. The Balaban J connectivity index is 2.24. The van der Waals surface area contributed by atoms with Crippen LogP contribution in [0.2, 0.25) is 0 Å². The third-order valence-electron chi connectivity index (χ3n) is 1.90. The van der Waals surface area contributed by atoms with E-state index in [2.05, 4.69) is 21.4 Å². The molecular weight excluding hydrogens is 212 g/mol. The van der Waals surface area contributed by atoms with Crippen LogP contribution in [0.1, 0.15) is 0 Å². The molecule has 0 aliphatic rings. The number of nitrogens with zero attached hydrogens (tertiary/aromatic N) is 2. The van der Waals surface area contributed by atoms with Crippen molar-refractivity contribution < 1.29 is 0 Å². The van der Waals surface area contributed by atoms with E-state index in [1.807, 2.05) is 18.2 Å². The van der Waals surface area contributed by atoms with Crippen molar-refractivity contribution in [1.82, 2.24) is 9.97 Å². The fraction of sp³-hybridized carbons (Fsp3) is 0. The van der Waals surface area contributed by atoms with Gasteiger partial charge in [-0.15, -0.1) is 11.3 Å². The molecule has 3 heterocycles. The zero-order chi connectivity index (χ0) is 9.38. The summed E-state index contributed by atoms with van der Waals surface area (Å²) in [6.45, 7) is 0. The predicted molar refractivity (Wildman–Crippen MR) is 60.7 cm³/mol. The summed E-state index contributed by atoms with van der Waals surface area (Å²) in [6, 6.07) is 8.04. The second-order valence-corrected chi connectivity index (χ2v) is 4.75. The lowest BCUT2D eigenvalue weighted by Crippen LogP contribution is -1.70. The molecule has 14 heavy (non-hydrogen) atoms. The van der Waals surface area contributed by atoms with Crippen LogP contribution in [0.4, 0.5) is 0 Å². The van der Waals surface area contributed by atoms with Gasteiger partial charge in [-0.05, 0) is 23.6 Å². The highest BCUT2D eigenvalue weighted by Crippen LogP contribution is 2.31. The molecule has 68 valence electrons. The number of rotatable bonds is 1. The highest BCUT2D eigenvalue weighted by Gasteiger charge is 2.06. The highest BCUT2D eigenvalue weighted by atomic mass is 32.1. The Morgan fingerprint density at radius 2 is 2.14 bits per heavy atom. The summed E-state index contributed by atoms with van der Waals surface area (Å²) < 4.78 is 0. The van der Waals surface area contributed by atoms with Gasteiger partial charge in [0.2, 0.25) is 0 Å². The van der Waals surface area contributed by atoms with Gasteiger partial charge in [-0.25, -0.2) is 9.97 Å². The minimum atomic E-state index is 0.987. The Hall–Kier alpha value is -1.26. The molecule has 0 atom stereocenters. The number of thiazole rings is 1. The molecule has 0 bridgehead atoms. The van der Waals surface area contributed by atoms with Crippen LogP contribution >= 0.6 is 22.7 Å². The molecule has 0 aliphatic carbocycles. The van der Waals surface area contributed by atoms with E-state index >= 15 is 0 Å². The molecule has 0 unspecified atom stereocenters. The monoisotopic (exact) mass is 218 g/mol. The molecule has 0 amide bonds. The topological polar surface area (TPSA) is 25.8 Å². The normalized spacial score (nSPS) is 10.9. The van der Waals surface area contributed by atoms with Crippen LogP contribution in [-0.2, 0) is 0 Å². The summed E-state index contributed by atoms with van der Waals surface area (Å²) in [5.41, 5.74) is 0.987. The molecule has 0 aromatic carbocycles. The Morgan fingerprint density at radius 1 is 1.14 bits per heavy atom. The summed E-state index contributed by atoms with van der Waals surface area (Å²) in [6.07, 6.45) is 1.80. The van der Waals surface area contributed by atoms with E-state index < -0.39 is 0 Å². The lowest BCUT2D eigenvalue weighted by molar-refractivity contribution is 1.41. The molecule has 0 N–H and O–H groups in total. The van der Waals surface area contributed by atoms with E-state index in [4.69, 9.17) is 0 Å². The van der Waals surface area contributed by atoms with E-state index in [9.17, 15) is 0 Å². The zero-order valence-electron chi connectivity index (χ0n) is 7.18. The molecule has 0 spiro atoms. The Morgan fingerprint density at radius 3 is 2.93 bits per heavy atom. The average Bonchev–Trinajstić information content (AvgIpc) is 2.86. The van der Waals surface area contributed by atoms with Gasteiger partial charge >= 0.3 is 0 Å². The van der Waals surface area contributed by atoms with Crippen molar-refractivity contribution in [3.05, 3.63) is 35.8 Å². The van der Waals surface area contributed by atoms with Gasteiger partial charge in [0.15, 0.2) is 0 Å². The molecule has 0 saturated heterocycles. The summed E-state index contributed by atoms with van der Waals surface area (Å²) >= 11 is 3.35. The summed E-state index contributed by atoms with van der Waals surface area (Å²) in [5.74, 6) is 0. The van der Waals surface area contributed by atoms with Crippen molar-refractivity contribution in [3.63, 3.8) is 0 Å². The molecule has 0 saturated carbocycles. The summed E-state index contributed by atoms with van der Waals surface area (Å²) in [7, 11) is 0. The third kappa shape index (κ3) is 1.23. The van der Waals surface area contributed by atoms with Gasteiger partial charge in [0.05, 0.1) is 4.88 Å². The number of fused-ring (bicyclic) bond motifs is 1. The van der Waals surface area contributed by atoms with Crippen LogP contribution in [0.15, 0.2) is 35.8 Å². The van der Waals surface area contributed by atoms with E-state index in [1.54, 1.807) is 28.9 Å². The highest BCUT2D eigenvalue weighted by molar-refractivity contribution is 7.24. The molecule has 2 nitrogen and oxygen atoms in total. The minimum Gasteiger partial charge on any atom is -0.244 e. The van der Waals surface area contributed by atoms with Crippen molar-refractivity contribution in [1.29, 1.82) is 0 Å². The number of pyridine rings is 1. The lowest BCUT2D eigenvalue weighted by Gasteiger charge is -1.83. The average molecular weight is 218 g/mol. The molecule has 0 radical (unpaired) electrons. The fourth-order valence-corrected chi connectivity index (χ4v) is 2.98. The Bertz CT molecular complexity index is 521. The molecule has 4 heteroatoms. The molecule has 3 aromatic heterocycles. The number of hydrogen-bond donors (Lipinski definition) is 0. The van der Waals surface area contributed by atoms with Gasteiger partial charge in [0.25, 0.3) is 0 Å². The first-order valence-electron chi connectivity index (χ1n) is 4.19. The van der Waals surface area contributed by atoms with Crippen LogP contribution in [0.25, 0.3) is 20.2 Å². The van der Waals surface area contributed by atoms with Crippen molar-refractivity contribution in [2.75, 3.05) is 0 Å². The second-order valence-electron chi connectivity index (χ2n) is 2.82. The maximum atomic E-state index is 4.52. The van der Waals surface area contributed by atoms with Gasteiger partial charge in [0.1, 0.15) is 15.4 Å². The van der Waals surface area contributed by atoms with Crippen LogP contribution in [0.5, 0.6) is 0 Å². The standard InChI is InChI=1S/C10H6N2S2/c1-3-7-9(11-5-1)14-10(12-7)8-4-2-6-13-8/h1-6H. The van der Waals surface area contributed by atoms with E-state index in [0.29, 0.717) is 0 Å². The smallest absolute Gasteiger partial charge is 0.143 e. The van der Waals surface area contributed by atoms with Crippen molar-refractivity contribution in [2.24, 2.45) is 0 Å². The third-order valence-corrected chi connectivity index (χ3v) is 3.92. The van der Waals surface area contributed by atoms with Crippen LogP contribution in [-0.4, -0.2) is 9.97 Å². The lowest BCUT2D eigenvalue weighted by atomic mass is 10.4. The number of hydrogen-bond acceptors (Lipinski definition) is 4. The Labute approximate surface area is 88.9 Å². The largest absolute Gasteiger partial charge is 0.244 e. The maximum Gasteiger partial charge on any atom is 0.143 e. The van der Waals surface area contributed by atoms with Crippen LogP contribution in [0.3, 0.4) is 0 Å². The second kappa shape index (κ2) is 3.15. The van der Waals surface area contributed by atoms with E-state index in [1.165, 1.54) is 4.88 Å². The van der Waals surface area contributed by atoms with Gasteiger partial charge in [0, 0.05) is 6.20 Å². The fourth-order valence-electron chi connectivity index (χ4n) is 1.28. The van der Waals surface area contributed by atoms with Crippen molar-refractivity contribution in [2.45, 2.75) is 0 Å². The van der Waals surface area contributed by atoms with Crippen molar-refractivity contribution >= 4 is 33.0 Å². The van der Waals surface area contributed by atoms with Gasteiger partial charge < -0.3 is 0 Å². The van der Waals surface area contributed by atoms with Gasteiger partial charge in [-0.3, -0.25) is 0 Å². The molecule has 0 fully saturated rings. The summed E-state index contributed by atoms with van der Waals surface area (Å²) in [5, 5.41) is 3.13. The molecular formula is C10H6N2S2. The molecule has 3 aromatic rings. The first-order chi connectivity index (χ1) is 6.93. The maximum absolute atomic E-state index is 4.52. The number of aromatic nitrogens is 2. The quantitative estimate of drug-likeness (QED) is 0.625. The van der Waals surface area contributed by atoms with Crippen molar-refractivity contribution in [3.8, 4) is 9.88 Å². The first-order valence-corrected chi connectivity index (χ1v) is 5.88. The van der Waals surface area contributed by atoms with Crippen LogP contribution < -0.4 is 0 Å². The van der Waals surface area contributed by atoms with E-state index in [0.717, 1.165) is 15.4 Å². The Kier molecular flexibility index (Phi) is 1.82. The summed E-state index contributed by atoms with van der Waals surface area (Å²) in [4.78, 5) is 11.0.